The largest absolute Gasteiger partial charge is 0.386 e. The predicted octanol–water partition coefficient (Wildman–Crippen LogP) is 5.78. The smallest absolute Gasteiger partial charge is 0.0960 e. The zero-order valence-electron chi connectivity index (χ0n) is 21.1. The quantitative estimate of drug-likeness (QED) is 0.676. The van der Waals surface area contributed by atoms with E-state index < -0.39 is 0 Å². The Hall–Kier alpha value is -2.29. The summed E-state index contributed by atoms with van der Waals surface area (Å²) in [5.41, 5.74) is 5.06. The number of nitrogens with one attached hydrogen (secondary N) is 1. The molecule has 2 rings (SSSR count). The first-order chi connectivity index (χ1) is 13.9. The molecule has 2 aromatic rings. The molecule has 1 atom stereocenters. The highest BCUT2D eigenvalue weighted by atomic mass is 15.1. The van der Waals surface area contributed by atoms with Crippen LogP contribution in [0.5, 0.6) is 0 Å². The fourth-order valence-corrected chi connectivity index (χ4v) is 2.74. The van der Waals surface area contributed by atoms with E-state index in [1.165, 1.54) is 16.7 Å². The number of aromatic nitrogens is 2. The molecule has 1 N–H and O–H groups in total. The monoisotopic (exact) mass is 411 g/mol. The topological polar surface area (TPSA) is 29.9 Å². The van der Waals surface area contributed by atoms with Gasteiger partial charge in [0.2, 0.25) is 0 Å². The summed E-state index contributed by atoms with van der Waals surface area (Å²) in [5, 5.41) is 5.30. The van der Waals surface area contributed by atoms with Gasteiger partial charge in [-0.2, -0.15) is 0 Å². The molecule has 0 aliphatic rings. The molecule has 1 aromatic heterocycles. The van der Waals surface area contributed by atoms with Crippen LogP contribution in [0.25, 0.3) is 12.2 Å². The third-order valence-electron chi connectivity index (χ3n) is 4.89. The summed E-state index contributed by atoms with van der Waals surface area (Å²) in [6.45, 7) is 29.0. The Morgan fingerprint density at radius 3 is 1.97 bits per heavy atom. The summed E-state index contributed by atoms with van der Waals surface area (Å²) in [6, 6.07) is 9.60. The van der Waals surface area contributed by atoms with Crippen molar-refractivity contribution in [3.05, 3.63) is 64.7 Å². The van der Waals surface area contributed by atoms with Gasteiger partial charge in [0.05, 0.1) is 17.0 Å². The maximum atomic E-state index is 4.30. The highest BCUT2D eigenvalue weighted by Crippen LogP contribution is 2.03. The number of nitrogens with zero attached hydrogens (tertiary/aromatic N) is 2. The van der Waals surface area contributed by atoms with Crippen molar-refractivity contribution < 1.29 is 0 Å². The molecular weight excluding hydrogens is 366 g/mol. The van der Waals surface area contributed by atoms with Crippen LogP contribution in [0.3, 0.4) is 0 Å². The molecule has 0 aliphatic carbocycles. The van der Waals surface area contributed by atoms with Crippen LogP contribution in [0.15, 0.2) is 42.9 Å². The van der Waals surface area contributed by atoms with Gasteiger partial charge in [-0.3, -0.25) is 0 Å². The molecule has 3 nitrogen and oxygen atoms in total. The summed E-state index contributed by atoms with van der Waals surface area (Å²) >= 11 is 0. The van der Waals surface area contributed by atoms with Crippen molar-refractivity contribution in [3.63, 3.8) is 0 Å². The third-order valence-corrected chi connectivity index (χ3v) is 4.89. The molecule has 1 heterocycles. The number of rotatable bonds is 5. The minimum atomic E-state index is 0.443. The zero-order valence-corrected chi connectivity index (χ0v) is 21.1. The van der Waals surface area contributed by atoms with Crippen molar-refractivity contribution in [1.29, 1.82) is 0 Å². The minimum absolute atomic E-state index is 0.443. The normalized spacial score (nSPS) is 11.2. The molecule has 1 aromatic carbocycles. The van der Waals surface area contributed by atoms with Gasteiger partial charge >= 0.3 is 0 Å². The molecule has 168 valence electrons. The molecule has 30 heavy (non-hydrogen) atoms. The van der Waals surface area contributed by atoms with Crippen molar-refractivity contribution in [1.82, 2.24) is 14.9 Å². The van der Waals surface area contributed by atoms with Gasteiger partial charge in [-0.05, 0) is 71.9 Å². The van der Waals surface area contributed by atoms with Gasteiger partial charge in [0.1, 0.15) is 0 Å². The van der Waals surface area contributed by atoms with E-state index in [-0.39, 0.29) is 0 Å². The summed E-state index contributed by atoms with van der Waals surface area (Å²) in [6.07, 6.45) is 3.00. The average molecular weight is 412 g/mol. The maximum absolute atomic E-state index is 4.30. The Kier molecular flexibility index (Phi) is 12.8. The van der Waals surface area contributed by atoms with Crippen molar-refractivity contribution in [2.24, 2.45) is 5.92 Å². The molecule has 0 saturated heterocycles. The van der Waals surface area contributed by atoms with Crippen LogP contribution in [0, 0.1) is 12.8 Å². The maximum Gasteiger partial charge on any atom is 0.0960 e. The number of benzene rings is 1. The van der Waals surface area contributed by atoms with Crippen LogP contribution in [-0.2, 0) is 6.42 Å². The zero-order chi connectivity index (χ0) is 23.4. The van der Waals surface area contributed by atoms with Crippen molar-refractivity contribution in [2.45, 2.75) is 87.7 Å². The van der Waals surface area contributed by atoms with Gasteiger partial charge in [-0.1, -0.05) is 63.8 Å². The second-order valence-corrected chi connectivity index (χ2v) is 8.84. The molecule has 0 radical (unpaired) electrons. The van der Waals surface area contributed by atoms with Crippen LogP contribution >= 0.6 is 0 Å². The molecule has 0 bridgehead atoms. The molecule has 0 spiro atoms. The second kappa shape index (κ2) is 13.8. The fraction of sp³-hybridized carbons (Fsp3) is 0.519. The van der Waals surface area contributed by atoms with E-state index in [4.69, 9.17) is 0 Å². The van der Waals surface area contributed by atoms with Gasteiger partial charge < -0.3 is 9.88 Å². The number of aryl methyl sites for hydroxylation is 2. The first kappa shape index (κ1) is 27.7. The van der Waals surface area contributed by atoms with Crippen molar-refractivity contribution in [2.75, 3.05) is 0 Å². The van der Waals surface area contributed by atoms with E-state index in [1.54, 1.807) is 0 Å². The predicted molar refractivity (Wildman–Crippen MR) is 135 cm³/mol. The van der Waals surface area contributed by atoms with E-state index in [0.29, 0.717) is 18.0 Å². The summed E-state index contributed by atoms with van der Waals surface area (Å²) in [5.74, 6) is 0.682. The third kappa shape index (κ3) is 10.5. The van der Waals surface area contributed by atoms with Gasteiger partial charge in [-0.15, -0.1) is 0 Å². The molecule has 1 unspecified atom stereocenters. The minimum Gasteiger partial charge on any atom is -0.386 e. The van der Waals surface area contributed by atoms with E-state index in [0.717, 1.165) is 22.8 Å². The van der Waals surface area contributed by atoms with E-state index in [9.17, 15) is 0 Å². The van der Waals surface area contributed by atoms with Gasteiger partial charge in [0.25, 0.3) is 0 Å². The molecule has 0 amide bonds. The Balaban J connectivity index is 0.000000428. The van der Waals surface area contributed by atoms with Gasteiger partial charge in [0.15, 0.2) is 0 Å². The SMILES string of the molecule is C=C(C)NC(C)C(C)C.C=c1c(=C(C)C)ncn1C(C)C.CCc1cccc(C)c1. The molecule has 0 aliphatic heterocycles. The lowest BCUT2D eigenvalue weighted by molar-refractivity contribution is 0.462. The van der Waals surface area contributed by atoms with Crippen molar-refractivity contribution in [3.8, 4) is 0 Å². The molecule has 0 fully saturated rings. The molecule has 0 saturated carbocycles. The lowest BCUT2D eigenvalue weighted by atomic mass is 10.1. The summed E-state index contributed by atoms with van der Waals surface area (Å²) in [7, 11) is 0. The summed E-state index contributed by atoms with van der Waals surface area (Å²) < 4.78 is 2.09. The molecular formula is C27H45N3. The number of hydrogen-bond donors (Lipinski definition) is 1. The Bertz CT molecular complexity index is 868. The Morgan fingerprint density at radius 1 is 1.10 bits per heavy atom. The highest BCUT2D eigenvalue weighted by molar-refractivity contribution is 5.35. The second-order valence-electron chi connectivity index (χ2n) is 8.84. The van der Waals surface area contributed by atoms with E-state index in [1.807, 2.05) is 13.3 Å². The summed E-state index contributed by atoms with van der Waals surface area (Å²) in [4.78, 5) is 4.30. The molecule has 3 heteroatoms. The first-order valence-corrected chi connectivity index (χ1v) is 11.1. The Labute approximate surface area is 185 Å². The van der Waals surface area contributed by atoms with Crippen molar-refractivity contribution >= 4 is 12.2 Å². The van der Waals surface area contributed by atoms with E-state index in [2.05, 4.69) is 115 Å². The van der Waals surface area contributed by atoms with Crippen LogP contribution in [-0.4, -0.2) is 15.6 Å². The van der Waals surface area contributed by atoms with Gasteiger partial charge in [0, 0.05) is 17.8 Å². The lowest BCUT2D eigenvalue weighted by Gasteiger charge is -2.17. The first-order valence-electron chi connectivity index (χ1n) is 11.1. The average Bonchev–Trinajstić information content (AvgIpc) is 3.04. The van der Waals surface area contributed by atoms with Crippen LogP contribution in [0.1, 0.15) is 79.5 Å². The fourth-order valence-electron chi connectivity index (χ4n) is 2.74. The number of allylic oxidation sites excluding steroid dienone is 1. The van der Waals surface area contributed by atoms with Crippen LogP contribution in [0.4, 0.5) is 0 Å². The van der Waals surface area contributed by atoms with Gasteiger partial charge in [-0.25, -0.2) is 4.98 Å². The number of hydrogen-bond acceptors (Lipinski definition) is 2. The highest BCUT2D eigenvalue weighted by Gasteiger charge is 2.03. The van der Waals surface area contributed by atoms with E-state index >= 15 is 0 Å². The Morgan fingerprint density at radius 2 is 1.70 bits per heavy atom. The lowest BCUT2D eigenvalue weighted by Crippen LogP contribution is -2.30. The standard InChI is InChI=1S/C10H16N2.C9H12.C8H17N/c1-7(2)10-9(5)12(6-11-10)8(3)4;1-3-9-6-4-5-8(2)7-9;1-6(2)8(5)9-7(3)4/h6,8H,5H2,1-4H3;4-7H,3H2,1-2H3;6,8-9H,3H2,1-2,4-5H3. The number of imidazole rings is 1. The van der Waals surface area contributed by atoms with Crippen LogP contribution < -0.4 is 16.0 Å². The van der Waals surface area contributed by atoms with Crippen LogP contribution in [0.2, 0.25) is 0 Å².